The van der Waals surface area contributed by atoms with E-state index in [0.717, 1.165) is 28.1 Å². The number of ether oxygens (including phenoxy) is 4. The Labute approximate surface area is 446 Å². The number of aliphatic hydroxyl groups is 2. The van der Waals surface area contributed by atoms with Crippen molar-refractivity contribution in [3.8, 4) is 0 Å². The molecule has 418 valence electrons. The molecule has 17 heteroatoms. The molecule has 0 radical (unpaired) electrons. The van der Waals surface area contributed by atoms with E-state index in [4.69, 9.17) is 18.9 Å². The van der Waals surface area contributed by atoms with Gasteiger partial charge in [0.2, 0.25) is 11.6 Å². The predicted molar refractivity (Wildman–Crippen MR) is 278 cm³/mol. The zero-order chi connectivity index (χ0) is 55.9. The summed E-state index contributed by atoms with van der Waals surface area (Å²) in [6.07, 6.45) is 10.7. The summed E-state index contributed by atoms with van der Waals surface area (Å²) < 4.78 is 59.7. The average Bonchev–Trinajstić information content (AvgIpc) is 4.02. The second-order valence-electron chi connectivity index (χ2n) is 24.3. The topological polar surface area (TPSA) is 210 Å². The molecule has 9 rings (SSSR count). The molecule has 6 fully saturated rings. The van der Waals surface area contributed by atoms with Gasteiger partial charge in [0.25, 0.3) is 0 Å². The zero-order valence-electron chi connectivity index (χ0n) is 46.7. The number of allylic oxidation sites excluding steroid dienone is 5. The number of ketones is 2. The Hall–Kier alpha value is -4.90. The molecule has 0 bridgehead atoms. The summed E-state index contributed by atoms with van der Waals surface area (Å²) in [6.45, 7) is 16.7. The monoisotopic (exact) mass is 1060 g/mol. The first kappa shape index (κ1) is 57.3. The van der Waals surface area contributed by atoms with E-state index in [1.165, 1.54) is 0 Å². The first-order valence-electron chi connectivity index (χ1n) is 27.8. The highest BCUT2D eigenvalue weighted by Crippen LogP contribution is 2.74. The van der Waals surface area contributed by atoms with Crippen molar-refractivity contribution >= 4 is 47.2 Å². The molecule has 1 aromatic rings. The van der Waals surface area contributed by atoms with E-state index in [2.05, 4.69) is 10.1 Å². The number of fused-ring (bicyclic) bond motifs is 11. The van der Waals surface area contributed by atoms with Gasteiger partial charge in [0.15, 0.2) is 30.1 Å². The van der Waals surface area contributed by atoms with E-state index in [-0.39, 0.29) is 50.4 Å². The smallest absolute Gasteiger partial charge is 0.306 e. The molecule has 8 aliphatic rings. The van der Waals surface area contributed by atoms with Crippen LogP contribution in [0.5, 0.6) is 0 Å². The molecule has 0 saturated heterocycles. The van der Waals surface area contributed by atoms with Crippen LogP contribution < -0.4 is 0 Å². The highest BCUT2D eigenvalue weighted by Gasteiger charge is 2.79. The Morgan fingerprint density at radius 3 is 1.63 bits per heavy atom. The maximum atomic E-state index is 17.9. The number of esters is 4. The molecular weight excluding hydrogens is 981 g/mol. The van der Waals surface area contributed by atoms with Crippen molar-refractivity contribution in [3.63, 3.8) is 0 Å². The lowest BCUT2D eigenvalue weighted by atomic mass is 9.43. The van der Waals surface area contributed by atoms with Crippen LogP contribution in [0.1, 0.15) is 158 Å². The number of aromatic nitrogens is 2. The summed E-state index contributed by atoms with van der Waals surface area (Å²) in [5.74, 6) is -5.74. The van der Waals surface area contributed by atoms with Gasteiger partial charge in [-0.2, -0.15) is 5.10 Å². The van der Waals surface area contributed by atoms with E-state index >= 15 is 8.78 Å². The third-order valence-corrected chi connectivity index (χ3v) is 20.9. The number of carbonyl (C=O) groups excluding carboxylic acids is 6. The number of aryl methyl sites for hydroxylation is 1. The van der Waals surface area contributed by atoms with Crippen LogP contribution in [0.15, 0.2) is 40.6 Å². The summed E-state index contributed by atoms with van der Waals surface area (Å²) >= 11 is 0. The Balaban J connectivity index is 0.000000202. The van der Waals surface area contributed by atoms with Crippen molar-refractivity contribution in [1.29, 1.82) is 0 Å². The quantitative estimate of drug-likeness (QED) is 0.149. The highest BCUT2D eigenvalue weighted by atomic mass is 19.1. The molecule has 0 spiro atoms. The Morgan fingerprint density at radius 2 is 1.16 bits per heavy atom. The molecule has 0 aromatic carbocycles. The highest BCUT2D eigenvalue weighted by molar-refractivity contribution is 6.06. The number of aliphatic hydroxyl groups excluding tert-OH is 2. The van der Waals surface area contributed by atoms with Crippen LogP contribution in [0.4, 0.5) is 8.78 Å². The lowest BCUT2D eigenvalue weighted by molar-refractivity contribution is -0.234. The molecular formula is C59H81F2N3O12. The zero-order valence-corrected chi connectivity index (χ0v) is 46.7. The van der Waals surface area contributed by atoms with Gasteiger partial charge in [-0.1, -0.05) is 79.5 Å². The normalized spacial score (nSPS) is 41.9. The number of Topliss-reactive ketones (excluding diaryl/α,β-unsaturated/α-hetero) is 2. The molecule has 2 N–H and O–H groups in total. The van der Waals surface area contributed by atoms with Crippen molar-refractivity contribution in [2.45, 2.75) is 187 Å². The molecule has 16 atom stereocenters. The molecule has 15 nitrogen and oxygen atoms in total. The van der Waals surface area contributed by atoms with Crippen LogP contribution in [-0.2, 0) is 61.2 Å². The minimum absolute atomic E-state index is 0.0395. The molecule has 8 aliphatic carbocycles. The Bertz CT molecular complexity index is 2680. The fourth-order valence-corrected chi connectivity index (χ4v) is 17.1. The van der Waals surface area contributed by atoms with Gasteiger partial charge < -0.3 is 29.2 Å². The van der Waals surface area contributed by atoms with Crippen LogP contribution in [0.3, 0.4) is 0 Å². The minimum Gasteiger partial charge on any atom is -0.457 e. The largest absolute Gasteiger partial charge is 0.457 e. The SMILES string of the molecule is CCC(=O)OCC(=O)[C@@]1(OC(=O)CC)[C@@H](C)C[C@H]2[C@@H]3CCC4=CC(=NC)C=C[C@]4(C)[C@@]3(F)[C@@H](O)C[C@@]21C.CCC(=O)OCC(=O)[C@@]1(OC(=O)CC)[C@@H](C)C[C@H]2[C@@H]3CCC4=Cc5nn(C)cc5C[C@]4(C)[C@@]3(F)[C@@H](O)C[C@@]21C. The van der Waals surface area contributed by atoms with E-state index < -0.39 is 129 Å². The summed E-state index contributed by atoms with van der Waals surface area (Å²) in [5.41, 5.74) is -6.67. The van der Waals surface area contributed by atoms with Gasteiger partial charge in [-0.25, -0.2) is 8.78 Å². The fourth-order valence-electron chi connectivity index (χ4n) is 17.1. The summed E-state index contributed by atoms with van der Waals surface area (Å²) in [4.78, 5) is 81.3. The minimum atomic E-state index is -1.96. The number of halogens is 2. The number of carbonyl (C=O) groups is 6. The third-order valence-electron chi connectivity index (χ3n) is 20.9. The van der Waals surface area contributed by atoms with Gasteiger partial charge >= 0.3 is 23.9 Å². The summed E-state index contributed by atoms with van der Waals surface area (Å²) in [6, 6.07) is 0. The Morgan fingerprint density at radius 1 is 0.697 bits per heavy atom. The van der Waals surface area contributed by atoms with Crippen molar-refractivity contribution < 1.29 is 66.7 Å². The molecule has 0 unspecified atom stereocenters. The number of hydrogen-bond donors (Lipinski definition) is 2. The first-order chi connectivity index (χ1) is 35.6. The van der Waals surface area contributed by atoms with E-state index in [1.807, 2.05) is 79.1 Å². The van der Waals surface area contributed by atoms with Gasteiger partial charge in [0.05, 0.1) is 23.6 Å². The molecule has 0 amide bonds. The van der Waals surface area contributed by atoms with Gasteiger partial charge in [-0.15, -0.1) is 0 Å². The van der Waals surface area contributed by atoms with Crippen molar-refractivity contribution in [1.82, 2.24) is 9.78 Å². The second kappa shape index (κ2) is 20.1. The van der Waals surface area contributed by atoms with Gasteiger partial charge in [-0.3, -0.25) is 38.4 Å². The molecule has 1 heterocycles. The Kier molecular flexibility index (Phi) is 15.1. The molecule has 6 saturated carbocycles. The number of nitrogens with zero attached hydrogens (tertiary/aromatic N) is 3. The molecule has 1 aromatic heterocycles. The standard InChI is InChI=1S/C30H41FN2O6.C29H40FNO6/c1-7-25(36)38-16-24(35)30(39-26(37)8-2)17(3)11-21-20-10-9-19-12-22-18(15-33(6)32-22)13-27(19,4)29(20,31)23(34)14-28(21,30)5;1-7-24(34)36-16-23(33)29(37-25(35)8-2)17(3)13-21-20-10-9-18-14-19(31-6)11-12-26(18,4)28(20,30)22(32)15-27(21,29)5/h12,15,17,20-21,23,34H,7-11,13-14,16H2,1-6H3;11-12,14,17,20-22,32H,7-10,13,15-16H2,1-6H3/t17-,20-,21-,23-,27-,28-,29-,30-;17-,20-,21-,22-,26-,27-,28-,29-/m00/s1. The van der Waals surface area contributed by atoms with Crippen LogP contribution in [0.25, 0.3) is 6.08 Å². The third kappa shape index (κ3) is 8.00. The number of rotatable bonds is 12. The van der Waals surface area contributed by atoms with Crippen molar-refractivity contribution in [3.05, 3.63) is 46.8 Å². The average molecular weight is 1060 g/mol. The van der Waals surface area contributed by atoms with Crippen molar-refractivity contribution in [2.24, 2.45) is 69.2 Å². The van der Waals surface area contributed by atoms with Crippen LogP contribution in [-0.4, -0.2) is 116 Å². The maximum Gasteiger partial charge on any atom is 0.306 e. The van der Waals surface area contributed by atoms with E-state index in [1.54, 1.807) is 39.4 Å². The van der Waals surface area contributed by atoms with Crippen LogP contribution in [0.2, 0.25) is 0 Å². The van der Waals surface area contributed by atoms with Crippen LogP contribution in [0, 0.1) is 57.2 Å². The summed E-state index contributed by atoms with van der Waals surface area (Å²) in [7, 11) is 3.55. The van der Waals surface area contributed by atoms with E-state index in [0.29, 0.717) is 44.9 Å². The summed E-state index contributed by atoms with van der Waals surface area (Å²) in [5, 5.41) is 28.0. The lowest BCUT2D eigenvalue weighted by Crippen LogP contribution is -2.70. The molecule has 0 aliphatic heterocycles. The number of alkyl halides is 2. The van der Waals surface area contributed by atoms with E-state index in [9.17, 15) is 39.0 Å². The fraction of sp³-hybridized carbons (Fsp3) is 0.729. The van der Waals surface area contributed by atoms with Gasteiger partial charge in [-0.05, 0) is 100 Å². The van der Waals surface area contributed by atoms with Crippen LogP contribution >= 0.6 is 0 Å². The maximum absolute atomic E-state index is 17.9. The number of hydrogen-bond acceptors (Lipinski definition) is 14. The second-order valence-corrected chi connectivity index (χ2v) is 24.3. The lowest BCUT2D eigenvalue weighted by Gasteiger charge is -2.63. The van der Waals surface area contributed by atoms with Gasteiger partial charge in [0, 0.05) is 91.3 Å². The van der Waals surface area contributed by atoms with Crippen molar-refractivity contribution in [2.75, 3.05) is 20.3 Å². The first-order valence-corrected chi connectivity index (χ1v) is 27.8. The number of aliphatic imine (C=N–C) groups is 1. The van der Waals surface area contributed by atoms with Gasteiger partial charge in [0.1, 0.15) is 5.67 Å². The molecule has 76 heavy (non-hydrogen) atoms. The predicted octanol–water partition coefficient (Wildman–Crippen LogP) is 8.44.